The summed E-state index contributed by atoms with van der Waals surface area (Å²) in [5.74, 6) is -0.560. The van der Waals surface area contributed by atoms with Crippen LogP contribution in [0.5, 0.6) is 0 Å². The summed E-state index contributed by atoms with van der Waals surface area (Å²) in [6.45, 7) is 9.59. The first kappa shape index (κ1) is 93.1. The van der Waals surface area contributed by atoms with E-state index in [2.05, 4.69) is 41.5 Å². The lowest BCUT2D eigenvalue weighted by atomic mass is 10.0. The van der Waals surface area contributed by atoms with Crippen LogP contribution >= 0.6 is 15.6 Å². The van der Waals surface area contributed by atoms with Gasteiger partial charge in [0.05, 0.1) is 26.4 Å². The summed E-state index contributed by atoms with van der Waals surface area (Å²) in [6.07, 6.45) is 55.5. The Labute approximate surface area is 581 Å². The fourth-order valence-electron chi connectivity index (χ4n) is 11.7. The predicted octanol–water partition coefficient (Wildman–Crippen LogP) is 22.3. The molecule has 5 atom stereocenters. The fourth-order valence-corrected chi connectivity index (χ4v) is 13.2. The van der Waals surface area contributed by atoms with Crippen molar-refractivity contribution < 1.29 is 80.2 Å². The van der Waals surface area contributed by atoms with Crippen LogP contribution in [0.3, 0.4) is 0 Å². The van der Waals surface area contributed by atoms with Gasteiger partial charge in [-0.25, -0.2) is 9.13 Å². The second-order valence-electron chi connectivity index (χ2n) is 28.3. The zero-order chi connectivity index (χ0) is 70.0. The minimum atomic E-state index is -4.96. The zero-order valence-corrected chi connectivity index (χ0v) is 63.8. The largest absolute Gasteiger partial charge is 0.472 e. The van der Waals surface area contributed by atoms with E-state index >= 15 is 0 Å². The minimum Gasteiger partial charge on any atom is -0.462 e. The Balaban J connectivity index is 5.19. The maximum Gasteiger partial charge on any atom is 0.472 e. The summed E-state index contributed by atoms with van der Waals surface area (Å²) in [7, 11) is -9.91. The highest BCUT2D eigenvalue weighted by Gasteiger charge is 2.30. The monoisotopic (exact) mass is 1400 g/mol. The van der Waals surface area contributed by atoms with Gasteiger partial charge in [0.25, 0.3) is 0 Å². The molecule has 17 nitrogen and oxygen atoms in total. The van der Waals surface area contributed by atoms with Gasteiger partial charge in [0.1, 0.15) is 19.3 Å². The highest BCUT2D eigenvalue weighted by molar-refractivity contribution is 7.47. The van der Waals surface area contributed by atoms with Crippen molar-refractivity contribution in [3.8, 4) is 0 Å². The molecule has 0 aromatic carbocycles. The molecule has 0 aliphatic heterocycles. The van der Waals surface area contributed by atoms with Crippen LogP contribution in [0.25, 0.3) is 0 Å². The number of rotatable bonds is 75. The van der Waals surface area contributed by atoms with Crippen molar-refractivity contribution in [1.82, 2.24) is 0 Å². The number of carbonyl (C=O) groups excluding carboxylic acids is 4. The van der Waals surface area contributed by atoms with Gasteiger partial charge >= 0.3 is 39.5 Å². The highest BCUT2D eigenvalue weighted by atomic mass is 31.2. The standard InChI is InChI=1S/C76H148O17P2/c1-7-9-11-13-15-17-18-25-29-35-41-47-53-59-74(79)87-65-72(92-75(80)60-54-48-42-36-30-27-24-22-20-19-21-23-26-28-33-38-44-50-56-68(3)4)67-91-95(84,85)89-63-70(77)62-88-94(82,83)90-66-71(64-86-73(78)58-52-46-40-32-16-14-12-10-8-2)93-76(81)61-55-49-43-37-31-34-39-45-51-57-69(5)6/h68-72,77H,7-67H2,1-6H3,(H,82,83)(H,84,85)/t70-,71+,72+/m0/s1. The molecule has 2 unspecified atom stereocenters. The Kier molecular flexibility index (Phi) is 66.5. The second-order valence-corrected chi connectivity index (χ2v) is 31.3. The number of phosphoric ester groups is 2. The molecule has 0 rings (SSSR count). The van der Waals surface area contributed by atoms with E-state index in [1.165, 1.54) is 212 Å². The summed E-state index contributed by atoms with van der Waals surface area (Å²) in [5.41, 5.74) is 0. The van der Waals surface area contributed by atoms with Crippen LogP contribution in [0, 0.1) is 11.8 Å². The topological polar surface area (TPSA) is 237 Å². The molecular formula is C76H148O17P2. The van der Waals surface area contributed by atoms with Crippen molar-refractivity contribution in [1.29, 1.82) is 0 Å². The molecule has 0 aliphatic rings. The molecule has 0 saturated carbocycles. The zero-order valence-electron chi connectivity index (χ0n) is 62.0. The van der Waals surface area contributed by atoms with E-state index in [1.54, 1.807) is 0 Å². The van der Waals surface area contributed by atoms with Crippen molar-refractivity contribution in [2.45, 2.75) is 413 Å². The lowest BCUT2D eigenvalue weighted by molar-refractivity contribution is -0.161. The first-order valence-corrected chi connectivity index (χ1v) is 42.5. The van der Waals surface area contributed by atoms with E-state index in [-0.39, 0.29) is 25.7 Å². The van der Waals surface area contributed by atoms with E-state index in [0.29, 0.717) is 25.7 Å². The number of aliphatic hydroxyl groups is 1. The van der Waals surface area contributed by atoms with Gasteiger partial charge in [0.2, 0.25) is 0 Å². The molecule has 564 valence electrons. The molecule has 0 aliphatic carbocycles. The van der Waals surface area contributed by atoms with Crippen LogP contribution in [0.1, 0.15) is 395 Å². The second kappa shape index (κ2) is 67.9. The Bertz CT molecular complexity index is 1840. The molecule has 0 fully saturated rings. The average Bonchev–Trinajstić information content (AvgIpc) is 1.46. The maximum absolute atomic E-state index is 13.1. The molecule has 0 heterocycles. The van der Waals surface area contributed by atoms with Crippen molar-refractivity contribution in [3.63, 3.8) is 0 Å². The number of unbranched alkanes of at least 4 members (excludes halogenated alkanes) is 45. The summed E-state index contributed by atoms with van der Waals surface area (Å²) >= 11 is 0. The smallest absolute Gasteiger partial charge is 0.462 e. The normalized spacial score (nSPS) is 14.0. The van der Waals surface area contributed by atoms with Gasteiger partial charge in [-0.05, 0) is 37.5 Å². The number of aliphatic hydroxyl groups excluding tert-OH is 1. The van der Waals surface area contributed by atoms with Crippen LogP contribution in [0.2, 0.25) is 0 Å². The number of carbonyl (C=O) groups is 4. The molecule has 0 aromatic heterocycles. The van der Waals surface area contributed by atoms with Gasteiger partial charge < -0.3 is 33.8 Å². The fraction of sp³-hybridized carbons (Fsp3) is 0.947. The molecule has 0 bridgehead atoms. The van der Waals surface area contributed by atoms with Crippen LogP contribution < -0.4 is 0 Å². The van der Waals surface area contributed by atoms with Gasteiger partial charge in [-0.1, -0.05) is 343 Å². The van der Waals surface area contributed by atoms with Crippen LogP contribution in [-0.4, -0.2) is 96.7 Å². The Hall–Kier alpha value is -1.94. The Morgan fingerprint density at radius 1 is 0.284 bits per heavy atom. The third kappa shape index (κ3) is 70.3. The van der Waals surface area contributed by atoms with Gasteiger partial charge in [0, 0.05) is 25.7 Å². The predicted molar refractivity (Wildman–Crippen MR) is 386 cm³/mol. The van der Waals surface area contributed by atoms with Gasteiger partial charge in [-0.3, -0.25) is 37.3 Å². The summed E-state index contributed by atoms with van der Waals surface area (Å²) in [4.78, 5) is 72.7. The van der Waals surface area contributed by atoms with Crippen LogP contribution in [0.4, 0.5) is 0 Å². The third-order valence-corrected chi connectivity index (χ3v) is 19.6. The molecule has 0 spiro atoms. The Morgan fingerprint density at radius 2 is 0.484 bits per heavy atom. The summed E-state index contributed by atoms with van der Waals surface area (Å²) < 4.78 is 68.5. The van der Waals surface area contributed by atoms with E-state index in [1.807, 2.05) is 0 Å². The first-order valence-electron chi connectivity index (χ1n) is 39.5. The van der Waals surface area contributed by atoms with E-state index in [9.17, 15) is 43.2 Å². The van der Waals surface area contributed by atoms with E-state index in [0.717, 1.165) is 102 Å². The van der Waals surface area contributed by atoms with Gasteiger partial charge in [-0.2, -0.15) is 0 Å². The third-order valence-electron chi connectivity index (χ3n) is 17.7. The number of hydrogen-bond acceptors (Lipinski definition) is 15. The molecule has 0 radical (unpaired) electrons. The number of esters is 4. The van der Waals surface area contributed by atoms with E-state index in [4.69, 9.17) is 37.0 Å². The first-order chi connectivity index (χ1) is 45.9. The van der Waals surface area contributed by atoms with E-state index < -0.39 is 97.5 Å². The Morgan fingerprint density at radius 3 is 0.716 bits per heavy atom. The number of ether oxygens (including phenoxy) is 4. The van der Waals surface area contributed by atoms with Crippen molar-refractivity contribution in [2.75, 3.05) is 39.6 Å². The average molecular weight is 1400 g/mol. The summed E-state index contributed by atoms with van der Waals surface area (Å²) in [5, 5.41) is 10.6. The molecule has 19 heteroatoms. The van der Waals surface area contributed by atoms with Crippen molar-refractivity contribution in [2.24, 2.45) is 11.8 Å². The molecule has 0 saturated heterocycles. The maximum atomic E-state index is 13.1. The number of hydrogen-bond donors (Lipinski definition) is 3. The lowest BCUT2D eigenvalue weighted by Gasteiger charge is -2.21. The molecule has 0 amide bonds. The van der Waals surface area contributed by atoms with Crippen LogP contribution in [0.15, 0.2) is 0 Å². The highest BCUT2D eigenvalue weighted by Crippen LogP contribution is 2.45. The van der Waals surface area contributed by atoms with Gasteiger partial charge in [-0.15, -0.1) is 0 Å². The van der Waals surface area contributed by atoms with Gasteiger partial charge in [0.15, 0.2) is 12.2 Å². The quantitative estimate of drug-likeness (QED) is 0.0222. The molecule has 95 heavy (non-hydrogen) atoms. The molecule has 3 N–H and O–H groups in total. The summed E-state index contributed by atoms with van der Waals surface area (Å²) in [6, 6.07) is 0. The molecule has 0 aromatic rings. The lowest BCUT2D eigenvalue weighted by Crippen LogP contribution is -2.30. The minimum absolute atomic E-state index is 0.105. The van der Waals surface area contributed by atoms with Crippen LogP contribution in [-0.2, 0) is 65.4 Å². The number of phosphoric acid groups is 2. The van der Waals surface area contributed by atoms with Crippen molar-refractivity contribution >= 4 is 39.5 Å². The SMILES string of the molecule is CCCCCCCCCCCCCCCC(=O)OC[C@H](COP(=O)(O)OC[C@@H](O)COP(=O)(O)OC[C@@H](COC(=O)CCCCCCCCCCC)OC(=O)CCCCCCCCCCCC(C)C)OC(=O)CCCCCCCCCCCCCCCCCCCCC(C)C. The molecular weight excluding hydrogens is 1250 g/mol. The van der Waals surface area contributed by atoms with Crippen molar-refractivity contribution in [3.05, 3.63) is 0 Å².